The first-order chi connectivity index (χ1) is 15.8. The van der Waals surface area contributed by atoms with Crippen molar-refractivity contribution < 1.29 is 27.2 Å². The molecule has 0 aromatic heterocycles. The highest BCUT2D eigenvalue weighted by Crippen LogP contribution is 2.30. The molecule has 1 aliphatic heterocycles. The molecule has 0 bridgehead atoms. The molecule has 182 valence electrons. The molecule has 2 aromatic rings. The van der Waals surface area contributed by atoms with Gasteiger partial charge in [-0.1, -0.05) is 31.2 Å². The maximum absolute atomic E-state index is 13.4. The number of hydrogen-bond donors (Lipinski definition) is 1. The summed E-state index contributed by atoms with van der Waals surface area (Å²) in [6.07, 6.45) is 0.246. The van der Waals surface area contributed by atoms with E-state index < -0.39 is 51.7 Å². The van der Waals surface area contributed by atoms with Gasteiger partial charge in [-0.25, -0.2) is 17.1 Å². The summed E-state index contributed by atoms with van der Waals surface area (Å²) in [5.41, 5.74) is -0.0149. The van der Waals surface area contributed by atoms with Crippen LogP contribution in [0.15, 0.2) is 53.4 Å². The number of fused-ring (bicyclic) bond motifs is 1. The van der Waals surface area contributed by atoms with Crippen molar-refractivity contribution in [3.8, 4) is 0 Å². The Morgan fingerprint density at radius 1 is 1.09 bits per heavy atom. The van der Waals surface area contributed by atoms with Crippen LogP contribution in [0.1, 0.15) is 50.0 Å². The fraction of sp³-hybridized carbons (Fsp3) is 0.375. The molecule has 1 heterocycles. The first-order valence-corrected chi connectivity index (χ1v) is 12.3. The van der Waals surface area contributed by atoms with Gasteiger partial charge in [0.1, 0.15) is 23.3 Å². The van der Waals surface area contributed by atoms with Gasteiger partial charge in [0.15, 0.2) is 0 Å². The Bertz CT molecular complexity index is 1210. The van der Waals surface area contributed by atoms with Crippen molar-refractivity contribution >= 4 is 27.7 Å². The molecule has 8 nitrogen and oxygen atoms in total. The highest BCUT2D eigenvalue weighted by molar-refractivity contribution is 7.90. The second-order valence-corrected chi connectivity index (χ2v) is 11.0. The van der Waals surface area contributed by atoms with Crippen LogP contribution in [0.25, 0.3) is 0 Å². The van der Waals surface area contributed by atoms with Gasteiger partial charge >= 0.3 is 0 Å². The Morgan fingerprint density at radius 2 is 1.71 bits per heavy atom. The lowest BCUT2D eigenvalue weighted by molar-refractivity contribution is -0.141. The van der Waals surface area contributed by atoms with Crippen LogP contribution >= 0.6 is 0 Å². The lowest BCUT2D eigenvalue weighted by atomic mass is 10.1. The zero-order valence-corrected chi connectivity index (χ0v) is 20.4. The van der Waals surface area contributed by atoms with Crippen molar-refractivity contribution in [2.75, 3.05) is 6.54 Å². The minimum atomic E-state index is -4.20. The number of benzene rings is 2. The zero-order chi connectivity index (χ0) is 25.3. The largest absolute Gasteiger partial charge is 0.350 e. The number of carbonyl (C=O) groups is 3. The molecule has 0 spiro atoms. The van der Waals surface area contributed by atoms with E-state index in [-0.39, 0.29) is 23.4 Å². The predicted octanol–water partition coefficient (Wildman–Crippen LogP) is 2.69. The second-order valence-electron chi connectivity index (χ2n) is 9.12. The van der Waals surface area contributed by atoms with Crippen LogP contribution < -0.4 is 5.32 Å². The summed E-state index contributed by atoms with van der Waals surface area (Å²) in [5.74, 6) is -2.38. The summed E-state index contributed by atoms with van der Waals surface area (Å²) in [6.45, 7) is 6.31. The minimum Gasteiger partial charge on any atom is -0.350 e. The topological polar surface area (TPSA) is 104 Å². The highest BCUT2D eigenvalue weighted by atomic mass is 32.2. The second kappa shape index (κ2) is 9.54. The van der Waals surface area contributed by atoms with Crippen molar-refractivity contribution in [1.82, 2.24) is 14.5 Å². The number of rotatable bonds is 7. The third-order valence-corrected chi connectivity index (χ3v) is 7.13. The van der Waals surface area contributed by atoms with Gasteiger partial charge in [-0.3, -0.25) is 14.4 Å². The summed E-state index contributed by atoms with van der Waals surface area (Å²) in [7, 11) is -4.20. The van der Waals surface area contributed by atoms with Crippen LogP contribution in [0.4, 0.5) is 4.39 Å². The molecule has 34 heavy (non-hydrogen) atoms. The third kappa shape index (κ3) is 5.27. The SMILES string of the molecule is CC[C@@H](C(=O)NC(C)(C)C)N(Cc1ccc(F)cc1)C(=O)CN1C(=O)c2ccccc2S1(=O)=O. The summed E-state index contributed by atoms with van der Waals surface area (Å²) >= 11 is 0. The van der Waals surface area contributed by atoms with E-state index >= 15 is 0 Å². The van der Waals surface area contributed by atoms with Crippen LogP contribution in [0.2, 0.25) is 0 Å². The Morgan fingerprint density at radius 3 is 2.26 bits per heavy atom. The quantitative estimate of drug-likeness (QED) is 0.644. The van der Waals surface area contributed by atoms with Crippen molar-refractivity contribution in [1.29, 1.82) is 0 Å². The predicted molar refractivity (Wildman–Crippen MR) is 124 cm³/mol. The van der Waals surface area contributed by atoms with Crippen LogP contribution in [0.3, 0.4) is 0 Å². The molecule has 0 saturated carbocycles. The van der Waals surface area contributed by atoms with Crippen LogP contribution in [0, 0.1) is 5.82 Å². The lowest BCUT2D eigenvalue weighted by Crippen LogP contribution is -2.55. The van der Waals surface area contributed by atoms with Crippen LogP contribution in [-0.4, -0.2) is 53.5 Å². The zero-order valence-electron chi connectivity index (χ0n) is 19.5. The number of halogens is 1. The van der Waals surface area contributed by atoms with E-state index in [0.717, 1.165) is 0 Å². The Labute approximate surface area is 198 Å². The number of hydrogen-bond acceptors (Lipinski definition) is 5. The number of sulfonamides is 1. The molecule has 1 aliphatic rings. The number of carbonyl (C=O) groups excluding carboxylic acids is 3. The Hall–Kier alpha value is -3.27. The molecule has 0 aliphatic carbocycles. The van der Waals surface area contributed by atoms with Gasteiger partial charge in [0.05, 0.1) is 5.56 Å². The molecule has 3 amide bonds. The van der Waals surface area contributed by atoms with E-state index in [1.807, 2.05) is 0 Å². The number of amides is 3. The lowest BCUT2D eigenvalue weighted by Gasteiger charge is -2.33. The monoisotopic (exact) mass is 489 g/mol. The maximum Gasteiger partial charge on any atom is 0.269 e. The van der Waals surface area contributed by atoms with Crippen LogP contribution in [0.5, 0.6) is 0 Å². The van der Waals surface area contributed by atoms with Crippen molar-refractivity contribution in [3.05, 3.63) is 65.5 Å². The molecule has 0 radical (unpaired) electrons. The molecule has 2 aromatic carbocycles. The van der Waals surface area contributed by atoms with Crippen molar-refractivity contribution in [2.24, 2.45) is 0 Å². The van der Waals surface area contributed by atoms with Gasteiger partial charge in [0.2, 0.25) is 11.8 Å². The fourth-order valence-corrected chi connectivity index (χ4v) is 5.28. The highest BCUT2D eigenvalue weighted by Gasteiger charge is 2.43. The number of nitrogens with zero attached hydrogens (tertiary/aromatic N) is 2. The van der Waals surface area contributed by atoms with E-state index in [4.69, 9.17) is 0 Å². The smallest absolute Gasteiger partial charge is 0.269 e. The molecule has 0 fully saturated rings. The van der Waals surface area contributed by atoms with Gasteiger partial charge in [-0.2, -0.15) is 0 Å². The first-order valence-electron chi connectivity index (χ1n) is 10.9. The van der Waals surface area contributed by atoms with Crippen LogP contribution in [-0.2, 0) is 26.2 Å². The summed E-state index contributed by atoms with van der Waals surface area (Å²) in [6, 6.07) is 10.3. The van der Waals surface area contributed by atoms with Gasteiger partial charge in [-0.15, -0.1) is 0 Å². The summed E-state index contributed by atoms with van der Waals surface area (Å²) in [5, 5.41) is 2.84. The van der Waals surface area contributed by atoms with Crippen molar-refractivity contribution in [2.45, 2.75) is 57.1 Å². The molecule has 1 N–H and O–H groups in total. The minimum absolute atomic E-state index is 0.00194. The van der Waals surface area contributed by atoms with Gasteiger partial charge in [-0.05, 0) is 57.0 Å². The van der Waals surface area contributed by atoms with E-state index in [1.54, 1.807) is 33.8 Å². The first kappa shape index (κ1) is 25.4. The Kier molecular flexibility index (Phi) is 7.11. The molecular formula is C24H28FN3O5S. The average Bonchev–Trinajstić information content (AvgIpc) is 2.94. The summed E-state index contributed by atoms with van der Waals surface area (Å²) < 4.78 is 39.8. The molecular weight excluding hydrogens is 461 g/mol. The molecule has 3 rings (SSSR count). The van der Waals surface area contributed by atoms with E-state index in [2.05, 4.69) is 5.32 Å². The van der Waals surface area contributed by atoms with E-state index in [1.165, 1.54) is 47.4 Å². The average molecular weight is 490 g/mol. The third-order valence-electron chi connectivity index (χ3n) is 5.34. The standard InChI is InChI=1S/C24H28FN3O5S/c1-5-19(22(30)26-24(2,3)4)27(14-16-10-12-17(25)13-11-16)21(29)15-28-23(31)18-8-6-7-9-20(18)34(28,32)33/h6-13,19H,5,14-15H2,1-4H3,(H,26,30)/t19-/m0/s1. The molecule has 0 saturated heterocycles. The van der Waals surface area contributed by atoms with Crippen molar-refractivity contribution in [3.63, 3.8) is 0 Å². The van der Waals surface area contributed by atoms with Gasteiger partial charge in [0, 0.05) is 12.1 Å². The molecule has 0 unspecified atom stereocenters. The molecule has 1 atom stereocenters. The molecule has 10 heteroatoms. The van der Waals surface area contributed by atoms with E-state index in [9.17, 15) is 27.2 Å². The van der Waals surface area contributed by atoms with Gasteiger partial charge in [0.25, 0.3) is 15.9 Å². The number of nitrogens with one attached hydrogen (secondary N) is 1. The summed E-state index contributed by atoms with van der Waals surface area (Å²) in [4.78, 5) is 40.3. The maximum atomic E-state index is 13.4. The Balaban J connectivity index is 1.93. The van der Waals surface area contributed by atoms with Gasteiger partial charge < -0.3 is 10.2 Å². The van der Waals surface area contributed by atoms with E-state index in [0.29, 0.717) is 9.87 Å². The fourth-order valence-electron chi connectivity index (χ4n) is 3.76. The normalized spacial score (nSPS) is 15.6.